The van der Waals surface area contributed by atoms with Crippen molar-refractivity contribution in [2.45, 2.75) is 26.4 Å². The molecule has 0 aliphatic heterocycles. The first-order valence-electron chi connectivity index (χ1n) is 3.41. The zero-order valence-electron chi connectivity index (χ0n) is 6.50. The average molecular weight is 142 g/mol. The SMILES string of the molecule is C=CC(O)CC(=O)C(C)C. The summed E-state index contributed by atoms with van der Waals surface area (Å²) in [5, 5.41) is 8.94. The standard InChI is InChI=1S/C8H14O2/c1-4-7(9)5-8(10)6(2)3/h4,6-7,9H,1,5H2,2-3H3. The third-order valence-electron chi connectivity index (χ3n) is 1.33. The summed E-state index contributed by atoms with van der Waals surface area (Å²) >= 11 is 0. The van der Waals surface area contributed by atoms with Gasteiger partial charge in [0.05, 0.1) is 6.10 Å². The Kier molecular flexibility index (Phi) is 3.96. The van der Waals surface area contributed by atoms with E-state index in [-0.39, 0.29) is 18.1 Å². The van der Waals surface area contributed by atoms with Crippen LogP contribution in [0.2, 0.25) is 0 Å². The first-order chi connectivity index (χ1) is 4.57. The maximum atomic E-state index is 10.9. The number of aliphatic hydroxyl groups excluding tert-OH is 1. The summed E-state index contributed by atoms with van der Waals surface area (Å²) < 4.78 is 0. The summed E-state index contributed by atoms with van der Waals surface area (Å²) in [4.78, 5) is 10.9. The zero-order chi connectivity index (χ0) is 8.15. The number of carbonyl (C=O) groups excluding carboxylic acids is 1. The van der Waals surface area contributed by atoms with Crippen LogP contribution in [0.3, 0.4) is 0 Å². The highest BCUT2D eigenvalue weighted by Gasteiger charge is 2.10. The molecule has 0 amide bonds. The fourth-order valence-corrected chi connectivity index (χ4v) is 0.525. The third-order valence-corrected chi connectivity index (χ3v) is 1.33. The van der Waals surface area contributed by atoms with E-state index in [2.05, 4.69) is 6.58 Å². The molecule has 0 aliphatic rings. The van der Waals surface area contributed by atoms with Gasteiger partial charge in [-0.1, -0.05) is 19.9 Å². The predicted molar refractivity (Wildman–Crippen MR) is 40.7 cm³/mol. The number of aliphatic hydroxyl groups is 1. The topological polar surface area (TPSA) is 37.3 Å². The Morgan fingerprint density at radius 2 is 2.20 bits per heavy atom. The Morgan fingerprint density at radius 3 is 2.50 bits per heavy atom. The molecule has 1 atom stereocenters. The Balaban J connectivity index is 3.68. The van der Waals surface area contributed by atoms with Gasteiger partial charge < -0.3 is 5.11 Å². The van der Waals surface area contributed by atoms with Gasteiger partial charge in [-0.15, -0.1) is 6.58 Å². The van der Waals surface area contributed by atoms with Gasteiger partial charge >= 0.3 is 0 Å². The molecule has 0 radical (unpaired) electrons. The lowest BCUT2D eigenvalue weighted by atomic mass is 10.0. The summed E-state index contributed by atoms with van der Waals surface area (Å²) in [6, 6.07) is 0. The van der Waals surface area contributed by atoms with Crippen LogP contribution in [-0.2, 0) is 4.79 Å². The maximum Gasteiger partial charge on any atom is 0.138 e. The maximum absolute atomic E-state index is 10.9. The summed E-state index contributed by atoms with van der Waals surface area (Å²) in [6.45, 7) is 7.01. The predicted octanol–water partition coefficient (Wildman–Crippen LogP) is 1.15. The Morgan fingerprint density at radius 1 is 1.70 bits per heavy atom. The molecule has 0 fully saturated rings. The van der Waals surface area contributed by atoms with E-state index in [4.69, 9.17) is 5.11 Å². The fraction of sp³-hybridized carbons (Fsp3) is 0.625. The first-order valence-corrected chi connectivity index (χ1v) is 3.41. The molecule has 0 saturated carbocycles. The summed E-state index contributed by atoms with van der Waals surface area (Å²) in [6.07, 6.45) is 0.899. The molecule has 10 heavy (non-hydrogen) atoms. The molecule has 0 rings (SSSR count). The minimum atomic E-state index is -0.671. The second-order valence-electron chi connectivity index (χ2n) is 2.63. The van der Waals surface area contributed by atoms with Crippen molar-refractivity contribution in [2.75, 3.05) is 0 Å². The highest BCUT2D eigenvalue weighted by Crippen LogP contribution is 2.02. The van der Waals surface area contributed by atoms with Crippen molar-refractivity contribution < 1.29 is 9.90 Å². The van der Waals surface area contributed by atoms with Crippen LogP contribution in [0.1, 0.15) is 20.3 Å². The van der Waals surface area contributed by atoms with E-state index in [0.717, 1.165) is 0 Å². The molecular formula is C8H14O2. The van der Waals surface area contributed by atoms with Gasteiger partial charge in [0.25, 0.3) is 0 Å². The second kappa shape index (κ2) is 4.23. The zero-order valence-corrected chi connectivity index (χ0v) is 6.50. The molecule has 2 nitrogen and oxygen atoms in total. The van der Waals surface area contributed by atoms with Gasteiger partial charge in [-0.25, -0.2) is 0 Å². The van der Waals surface area contributed by atoms with Crippen molar-refractivity contribution in [1.82, 2.24) is 0 Å². The van der Waals surface area contributed by atoms with Crippen molar-refractivity contribution in [1.29, 1.82) is 0 Å². The Labute approximate surface area is 61.6 Å². The van der Waals surface area contributed by atoms with Crippen LogP contribution in [0.5, 0.6) is 0 Å². The van der Waals surface area contributed by atoms with Gasteiger partial charge in [0, 0.05) is 12.3 Å². The van der Waals surface area contributed by atoms with E-state index >= 15 is 0 Å². The van der Waals surface area contributed by atoms with Crippen molar-refractivity contribution >= 4 is 5.78 Å². The van der Waals surface area contributed by atoms with Crippen molar-refractivity contribution in [3.63, 3.8) is 0 Å². The largest absolute Gasteiger partial charge is 0.389 e. The number of rotatable bonds is 4. The summed E-state index contributed by atoms with van der Waals surface area (Å²) in [5.41, 5.74) is 0. The van der Waals surface area contributed by atoms with E-state index in [1.165, 1.54) is 6.08 Å². The molecule has 0 spiro atoms. The highest BCUT2D eigenvalue weighted by atomic mass is 16.3. The van der Waals surface area contributed by atoms with Crippen molar-refractivity contribution in [3.05, 3.63) is 12.7 Å². The van der Waals surface area contributed by atoms with Gasteiger partial charge in [0.2, 0.25) is 0 Å². The van der Waals surface area contributed by atoms with Gasteiger partial charge in [0.1, 0.15) is 5.78 Å². The second-order valence-corrected chi connectivity index (χ2v) is 2.63. The number of carbonyl (C=O) groups is 1. The molecule has 0 aliphatic carbocycles. The lowest BCUT2D eigenvalue weighted by molar-refractivity contribution is -0.123. The monoisotopic (exact) mass is 142 g/mol. The molecule has 0 heterocycles. The number of Topliss-reactive ketones (excluding diaryl/α,β-unsaturated/α-hetero) is 1. The fourth-order valence-electron chi connectivity index (χ4n) is 0.525. The Bertz CT molecular complexity index is 127. The van der Waals surface area contributed by atoms with E-state index in [9.17, 15) is 4.79 Å². The highest BCUT2D eigenvalue weighted by molar-refractivity contribution is 5.80. The molecule has 0 aromatic rings. The first kappa shape index (κ1) is 9.37. The summed E-state index contributed by atoms with van der Waals surface area (Å²) in [5.74, 6) is 0.0852. The molecule has 0 aromatic carbocycles. The van der Waals surface area contributed by atoms with E-state index in [1.807, 2.05) is 13.8 Å². The number of hydrogen-bond acceptors (Lipinski definition) is 2. The van der Waals surface area contributed by atoms with Crippen LogP contribution in [-0.4, -0.2) is 17.0 Å². The van der Waals surface area contributed by atoms with Crippen molar-refractivity contribution in [2.24, 2.45) is 5.92 Å². The normalized spacial score (nSPS) is 13.2. The van der Waals surface area contributed by atoms with Crippen LogP contribution in [0.25, 0.3) is 0 Å². The van der Waals surface area contributed by atoms with Gasteiger partial charge in [-0.05, 0) is 0 Å². The molecule has 0 aromatic heterocycles. The van der Waals surface area contributed by atoms with E-state index in [1.54, 1.807) is 0 Å². The van der Waals surface area contributed by atoms with Crippen molar-refractivity contribution in [3.8, 4) is 0 Å². The molecule has 58 valence electrons. The average Bonchev–Trinajstić information content (AvgIpc) is 1.87. The molecule has 2 heteroatoms. The van der Waals surface area contributed by atoms with E-state index < -0.39 is 6.10 Å². The van der Waals surface area contributed by atoms with E-state index in [0.29, 0.717) is 0 Å². The smallest absolute Gasteiger partial charge is 0.138 e. The number of ketones is 1. The molecule has 0 saturated heterocycles. The van der Waals surface area contributed by atoms with Crippen LogP contribution in [0.15, 0.2) is 12.7 Å². The summed E-state index contributed by atoms with van der Waals surface area (Å²) in [7, 11) is 0. The lowest BCUT2D eigenvalue weighted by Gasteiger charge is -2.05. The molecule has 1 unspecified atom stereocenters. The quantitative estimate of drug-likeness (QED) is 0.598. The van der Waals surface area contributed by atoms with Crippen LogP contribution >= 0.6 is 0 Å². The third kappa shape index (κ3) is 3.41. The van der Waals surface area contributed by atoms with Crippen LogP contribution < -0.4 is 0 Å². The molecule has 1 N–H and O–H groups in total. The molecule has 0 bridgehead atoms. The van der Waals surface area contributed by atoms with Gasteiger partial charge in [0.15, 0.2) is 0 Å². The Hall–Kier alpha value is -0.630. The minimum absolute atomic E-state index is 0.00889. The number of hydrogen-bond donors (Lipinski definition) is 1. The lowest BCUT2D eigenvalue weighted by Crippen LogP contribution is -2.14. The molecular weight excluding hydrogens is 128 g/mol. The van der Waals surface area contributed by atoms with Crippen LogP contribution in [0, 0.1) is 5.92 Å². The van der Waals surface area contributed by atoms with Gasteiger partial charge in [-0.2, -0.15) is 0 Å². The van der Waals surface area contributed by atoms with Crippen LogP contribution in [0.4, 0.5) is 0 Å². The van der Waals surface area contributed by atoms with Gasteiger partial charge in [-0.3, -0.25) is 4.79 Å². The minimum Gasteiger partial charge on any atom is -0.389 e.